The van der Waals surface area contributed by atoms with Crippen molar-refractivity contribution in [1.29, 1.82) is 0 Å². The number of aliphatic hydroxyl groups is 1. The zero-order valence-electron chi connectivity index (χ0n) is 14.0. The van der Waals surface area contributed by atoms with E-state index in [1.54, 1.807) is 30.3 Å². The Morgan fingerprint density at radius 1 is 1.24 bits per heavy atom. The van der Waals surface area contributed by atoms with E-state index in [4.69, 9.17) is 16.3 Å². The number of nitrogens with zero attached hydrogens (tertiary/aromatic N) is 1. The summed E-state index contributed by atoms with van der Waals surface area (Å²) in [5.74, 6) is 0.267. The molecule has 0 unspecified atom stereocenters. The molecule has 0 radical (unpaired) electrons. The highest BCUT2D eigenvalue weighted by molar-refractivity contribution is 6.30. The topological polar surface area (TPSA) is 59.4 Å². The quantitative estimate of drug-likeness (QED) is 0.540. The number of aromatic nitrogens is 1. The van der Waals surface area contributed by atoms with Crippen molar-refractivity contribution in [2.45, 2.75) is 19.4 Å². The molecule has 1 heterocycles. The van der Waals surface area contributed by atoms with Gasteiger partial charge in [0, 0.05) is 17.4 Å². The zero-order valence-corrected chi connectivity index (χ0v) is 14.7. The van der Waals surface area contributed by atoms with Crippen LogP contribution < -0.4 is 4.74 Å². The van der Waals surface area contributed by atoms with E-state index in [1.807, 2.05) is 25.1 Å². The maximum Gasteiger partial charge on any atom is 0.169 e. The lowest BCUT2D eigenvalue weighted by Crippen LogP contribution is -2.09. The molecule has 0 spiro atoms. The average molecular weight is 356 g/mol. The number of ketones is 1. The minimum atomic E-state index is -1.04. The summed E-state index contributed by atoms with van der Waals surface area (Å²) in [6, 6.07) is 14.5. The number of hydrogen-bond donors (Lipinski definition) is 1. The third-order valence-electron chi connectivity index (χ3n) is 4.17. The molecule has 0 saturated carbocycles. The number of pyridine rings is 1. The van der Waals surface area contributed by atoms with Crippen LogP contribution in [0.3, 0.4) is 0 Å². The van der Waals surface area contributed by atoms with Gasteiger partial charge in [0.15, 0.2) is 5.78 Å². The molecular weight excluding hydrogens is 338 g/mol. The van der Waals surface area contributed by atoms with Gasteiger partial charge in [-0.2, -0.15) is 0 Å². The number of fused-ring (bicyclic) bond motifs is 1. The molecule has 4 nitrogen and oxygen atoms in total. The number of aryl methyl sites for hydroxylation is 1. The van der Waals surface area contributed by atoms with E-state index in [1.165, 1.54) is 7.11 Å². The van der Waals surface area contributed by atoms with E-state index >= 15 is 0 Å². The van der Waals surface area contributed by atoms with Crippen LogP contribution in [0.15, 0.2) is 48.5 Å². The predicted molar refractivity (Wildman–Crippen MR) is 98.4 cm³/mol. The van der Waals surface area contributed by atoms with E-state index in [9.17, 15) is 9.90 Å². The standard InChI is InChI=1S/C20H18ClNO3/c1-12-6-5-7-13-10-15(20(21)22-19(12)13)17(24)11-16(23)14-8-3-4-9-18(14)25-2/h3-10,17,24H,11H2,1-2H3/t17-/m1/s1. The maximum absolute atomic E-state index is 12.5. The van der Waals surface area contributed by atoms with E-state index in [2.05, 4.69) is 4.98 Å². The molecular formula is C20H18ClNO3. The number of para-hydroxylation sites is 2. The first-order chi connectivity index (χ1) is 12.0. The fourth-order valence-electron chi connectivity index (χ4n) is 2.84. The Labute approximate surface area is 151 Å². The van der Waals surface area contributed by atoms with Crippen LogP contribution in [0.2, 0.25) is 5.15 Å². The summed E-state index contributed by atoms with van der Waals surface area (Å²) in [6.45, 7) is 1.95. The second kappa shape index (κ2) is 7.21. The van der Waals surface area contributed by atoms with Crippen molar-refractivity contribution in [3.63, 3.8) is 0 Å². The molecule has 1 aromatic heterocycles. The molecule has 3 rings (SSSR count). The van der Waals surface area contributed by atoms with Gasteiger partial charge in [-0.1, -0.05) is 41.9 Å². The first kappa shape index (κ1) is 17.4. The van der Waals surface area contributed by atoms with Gasteiger partial charge in [-0.15, -0.1) is 0 Å². The van der Waals surface area contributed by atoms with E-state index in [0.717, 1.165) is 16.5 Å². The lowest BCUT2D eigenvalue weighted by molar-refractivity contribution is 0.0877. The van der Waals surface area contributed by atoms with Crippen molar-refractivity contribution >= 4 is 28.3 Å². The fourth-order valence-corrected chi connectivity index (χ4v) is 3.11. The minimum absolute atomic E-state index is 0.0981. The summed E-state index contributed by atoms with van der Waals surface area (Å²) in [7, 11) is 1.51. The summed E-state index contributed by atoms with van der Waals surface area (Å²) in [5, 5.41) is 11.6. The smallest absolute Gasteiger partial charge is 0.169 e. The van der Waals surface area contributed by atoms with Crippen LogP contribution in [0.25, 0.3) is 10.9 Å². The molecule has 128 valence electrons. The normalized spacial score (nSPS) is 12.2. The summed E-state index contributed by atoms with van der Waals surface area (Å²) < 4.78 is 5.21. The highest BCUT2D eigenvalue weighted by Gasteiger charge is 2.20. The Morgan fingerprint density at radius 3 is 2.76 bits per heavy atom. The first-order valence-corrected chi connectivity index (χ1v) is 8.29. The van der Waals surface area contributed by atoms with Crippen LogP contribution in [0.4, 0.5) is 0 Å². The van der Waals surface area contributed by atoms with E-state index in [0.29, 0.717) is 16.9 Å². The number of benzene rings is 2. The number of carbonyl (C=O) groups excluding carboxylic acids is 1. The van der Waals surface area contributed by atoms with Crippen LogP contribution in [-0.2, 0) is 0 Å². The van der Waals surface area contributed by atoms with Crippen molar-refractivity contribution in [2.24, 2.45) is 0 Å². The number of hydrogen-bond acceptors (Lipinski definition) is 4. The van der Waals surface area contributed by atoms with Crippen LogP contribution in [0, 0.1) is 6.92 Å². The molecule has 2 aromatic carbocycles. The second-order valence-corrected chi connectivity index (χ2v) is 6.22. The number of rotatable bonds is 5. The van der Waals surface area contributed by atoms with Crippen molar-refractivity contribution in [1.82, 2.24) is 4.98 Å². The minimum Gasteiger partial charge on any atom is -0.496 e. The monoisotopic (exact) mass is 355 g/mol. The van der Waals surface area contributed by atoms with Gasteiger partial charge in [0.25, 0.3) is 0 Å². The number of methoxy groups -OCH3 is 1. The van der Waals surface area contributed by atoms with Crippen molar-refractivity contribution in [2.75, 3.05) is 7.11 Å². The molecule has 0 saturated heterocycles. The zero-order chi connectivity index (χ0) is 18.0. The lowest BCUT2D eigenvalue weighted by atomic mass is 9.99. The number of aliphatic hydroxyl groups excluding tert-OH is 1. The highest BCUT2D eigenvalue weighted by atomic mass is 35.5. The van der Waals surface area contributed by atoms with E-state index in [-0.39, 0.29) is 17.4 Å². The lowest BCUT2D eigenvalue weighted by Gasteiger charge is -2.14. The molecule has 1 N–H and O–H groups in total. The average Bonchev–Trinajstić information content (AvgIpc) is 2.61. The van der Waals surface area contributed by atoms with Crippen LogP contribution >= 0.6 is 11.6 Å². The van der Waals surface area contributed by atoms with Gasteiger partial charge >= 0.3 is 0 Å². The Morgan fingerprint density at radius 2 is 2.00 bits per heavy atom. The van der Waals surface area contributed by atoms with Crippen LogP contribution in [0.1, 0.15) is 34.0 Å². The molecule has 25 heavy (non-hydrogen) atoms. The van der Waals surface area contributed by atoms with Gasteiger partial charge in [0.2, 0.25) is 0 Å². The molecule has 0 amide bonds. The molecule has 0 fully saturated rings. The molecule has 0 aliphatic rings. The van der Waals surface area contributed by atoms with Crippen molar-refractivity contribution < 1.29 is 14.6 Å². The van der Waals surface area contributed by atoms with Gasteiger partial charge in [-0.3, -0.25) is 4.79 Å². The molecule has 5 heteroatoms. The summed E-state index contributed by atoms with van der Waals surface area (Å²) in [6.07, 6.45) is -1.14. The molecule has 3 aromatic rings. The predicted octanol–water partition coefficient (Wildman–Crippen LogP) is 4.51. The Bertz CT molecular complexity index is 939. The SMILES string of the molecule is COc1ccccc1C(=O)C[C@@H](O)c1cc2cccc(C)c2nc1Cl. The number of halogens is 1. The summed E-state index contributed by atoms with van der Waals surface area (Å²) in [4.78, 5) is 16.9. The van der Waals surface area contributed by atoms with E-state index < -0.39 is 6.10 Å². The fraction of sp³-hybridized carbons (Fsp3) is 0.200. The Hall–Kier alpha value is -2.43. The summed E-state index contributed by atoms with van der Waals surface area (Å²) >= 11 is 6.25. The largest absolute Gasteiger partial charge is 0.496 e. The van der Waals surface area contributed by atoms with Gasteiger partial charge in [0.1, 0.15) is 10.9 Å². The van der Waals surface area contributed by atoms with Crippen LogP contribution in [-0.4, -0.2) is 23.0 Å². The number of Topliss-reactive ketones (excluding diaryl/α,β-unsaturated/α-hetero) is 1. The first-order valence-electron chi connectivity index (χ1n) is 7.91. The van der Waals surface area contributed by atoms with Crippen molar-refractivity contribution in [3.05, 3.63) is 70.4 Å². The summed E-state index contributed by atoms with van der Waals surface area (Å²) in [5.41, 5.74) is 2.68. The Kier molecular flexibility index (Phi) is 5.02. The third-order valence-corrected chi connectivity index (χ3v) is 4.48. The number of carbonyl (C=O) groups is 1. The highest BCUT2D eigenvalue weighted by Crippen LogP contribution is 2.30. The molecule has 0 aliphatic carbocycles. The van der Waals surface area contributed by atoms with Gasteiger partial charge in [-0.05, 0) is 30.7 Å². The van der Waals surface area contributed by atoms with Gasteiger partial charge < -0.3 is 9.84 Å². The molecule has 0 aliphatic heterocycles. The van der Waals surface area contributed by atoms with Crippen LogP contribution in [0.5, 0.6) is 5.75 Å². The Balaban J connectivity index is 1.91. The second-order valence-electron chi connectivity index (χ2n) is 5.86. The van der Waals surface area contributed by atoms with Crippen molar-refractivity contribution in [3.8, 4) is 5.75 Å². The molecule has 1 atom stereocenters. The van der Waals surface area contributed by atoms with Gasteiger partial charge in [-0.25, -0.2) is 4.98 Å². The third kappa shape index (κ3) is 3.50. The molecule has 0 bridgehead atoms. The maximum atomic E-state index is 12.5. The number of ether oxygens (including phenoxy) is 1. The van der Waals surface area contributed by atoms with Gasteiger partial charge in [0.05, 0.1) is 24.3 Å².